The van der Waals surface area contributed by atoms with Crippen molar-refractivity contribution in [3.8, 4) is 0 Å². The minimum absolute atomic E-state index is 0.718. The summed E-state index contributed by atoms with van der Waals surface area (Å²) in [5, 5.41) is 0.718. The molecule has 0 spiro atoms. The van der Waals surface area contributed by atoms with E-state index in [2.05, 4.69) is 4.18 Å². The smallest absolute Gasteiger partial charge is 0.339 e. The Morgan fingerprint density at radius 2 is 2.12 bits per heavy atom. The molecular formula is C3H2O4S. The van der Waals surface area contributed by atoms with Crippen molar-refractivity contribution in [2.75, 3.05) is 0 Å². The molecule has 0 aromatic rings. The Labute approximate surface area is 45.9 Å². The van der Waals surface area contributed by atoms with Crippen molar-refractivity contribution in [1.29, 1.82) is 0 Å². The molecule has 0 fully saturated rings. The number of carbonyl (C=O) groups is 1. The summed E-state index contributed by atoms with van der Waals surface area (Å²) >= 11 is 0. The molecule has 8 heavy (non-hydrogen) atoms. The molecule has 1 aliphatic heterocycles. The molecule has 1 rings (SSSR count). The van der Waals surface area contributed by atoms with Gasteiger partial charge in [-0.05, 0) is 0 Å². The first-order valence-electron chi connectivity index (χ1n) is 1.77. The lowest BCUT2D eigenvalue weighted by atomic mass is 10.7. The van der Waals surface area contributed by atoms with Crippen LogP contribution >= 0.6 is 0 Å². The molecule has 0 bridgehead atoms. The maximum atomic E-state index is 10.1. The fourth-order valence-corrected chi connectivity index (χ4v) is 0.927. The van der Waals surface area contributed by atoms with Gasteiger partial charge in [0.25, 0.3) is 0 Å². The molecule has 44 valence electrons. The Bertz CT molecular complexity index is 234. The van der Waals surface area contributed by atoms with E-state index in [1.165, 1.54) is 0 Å². The van der Waals surface area contributed by atoms with Crippen LogP contribution in [0.3, 0.4) is 0 Å². The number of carbonyl (C=O) groups excluding carboxylic acids is 1. The Hall–Kier alpha value is -0.840. The van der Waals surface area contributed by atoms with E-state index in [1.54, 1.807) is 0 Å². The van der Waals surface area contributed by atoms with Crippen molar-refractivity contribution in [2.45, 2.75) is 0 Å². The first-order valence-corrected chi connectivity index (χ1v) is 3.24. The third kappa shape index (κ3) is 0.865. The van der Waals surface area contributed by atoms with Gasteiger partial charge in [0.2, 0.25) is 0 Å². The van der Waals surface area contributed by atoms with Crippen LogP contribution in [-0.2, 0) is 19.1 Å². The molecule has 1 heterocycles. The van der Waals surface area contributed by atoms with E-state index in [4.69, 9.17) is 0 Å². The lowest BCUT2D eigenvalue weighted by molar-refractivity contribution is -0.127. The van der Waals surface area contributed by atoms with Crippen molar-refractivity contribution in [3.63, 3.8) is 0 Å². The van der Waals surface area contributed by atoms with E-state index in [1.807, 2.05) is 0 Å². The first kappa shape index (κ1) is 5.30. The standard InChI is InChI=1S/C3H2O4S/c4-3-1-2-8(5,6)7-3/h1-2H. The van der Waals surface area contributed by atoms with E-state index in [-0.39, 0.29) is 0 Å². The maximum Gasteiger partial charge on any atom is 0.347 e. The Kier molecular flexibility index (Phi) is 0.872. The Morgan fingerprint density at radius 1 is 1.50 bits per heavy atom. The van der Waals surface area contributed by atoms with Crippen molar-refractivity contribution in [1.82, 2.24) is 0 Å². The van der Waals surface area contributed by atoms with Crippen molar-refractivity contribution >= 4 is 16.1 Å². The summed E-state index contributed by atoms with van der Waals surface area (Å²) in [7, 11) is -3.63. The highest BCUT2D eigenvalue weighted by Gasteiger charge is 2.18. The van der Waals surface area contributed by atoms with Gasteiger partial charge in [-0.3, -0.25) is 0 Å². The summed E-state index contributed by atoms with van der Waals surface area (Å²) in [6.45, 7) is 0. The van der Waals surface area contributed by atoms with Crippen LogP contribution in [0, 0.1) is 0 Å². The normalized spacial score (nSPS) is 23.2. The summed E-state index contributed by atoms with van der Waals surface area (Å²) < 4.78 is 24.0. The summed E-state index contributed by atoms with van der Waals surface area (Å²) in [6.07, 6.45) is 0.856. The molecule has 5 heteroatoms. The second-order valence-corrected chi connectivity index (χ2v) is 2.62. The van der Waals surface area contributed by atoms with Gasteiger partial charge in [-0.15, -0.1) is 0 Å². The highest BCUT2D eigenvalue weighted by atomic mass is 32.2. The molecule has 0 radical (unpaired) electrons. The van der Waals surface area contributed by atoms with Gasteiger partial charge in [0, 0.05) is 6.08 Å². The molecule has 0 N–H and O–H groups in total. The zero-order valence-electron chi connectivity index (χ0n) is 3.70. The molecule has 0 saturated carbocycles. The van der Waals surface area contributed by atoms with Gasteiger partial charge in [-0.2, -0.15) is 8.42 Å². The van der Waals surface area contributed by atoms with E-state index < -0.39 is 16.1 Å². The maximum absolute atomic E-state index is 10.1. The predicted molar refractivity (Wildman–Crippen MR) is 24.2 cm³/mol. The molecule has 0 atom stereocenters. The first-order chi connectivity index (χ1) is 3.60. The molecule has 0 amide bonds. The van der Waals surface area contributed by atoms with Gasteiger partial charge in [-0.25, -0.2) is 4.79 Å². The molecule has 1 aliphatic rings. The van der Waals surface area contributed by atoms with Crippen LogP contribution < -0.4 is 0 Å². The second kappa shape index (κ2) is 1.32. The quantitative estimate of drug-likeness (QED) is 0.414. The average Bonchev–Trinajstić information content (AvgIpc) is 1.82. The van der Waals surface area contributed by atoms with Crippen LogP contribution in [0.5, 0.6) is 0 Å². The number of rotatable bonds is 0. The molecule has 0 aliphatic carbocycles. The van der Waals surface area contributed by atoms with Gasteiger partial charge < -0.3 is 4.18 Å². The summed E-state index contributed by atoms with van der Waals surface area (Å²) in [5.41, 5.74) is 0. The topological polar surface area (TPSA) is 60.4 Å². The van der Waals surface area contributed by atoms with Gasteiger partial charge in [0.15, 0.2) is 0 Å². The zero-order valence-corrected chi connectivity index (χ0v) is 4.51. The minimum Gasteiger partial charge on any atom is -0.339 e. The van der Waals surface area contributed by atoms with Gasteiger partial charge in [0.1, 0.15) is 0 Å². The minimum atomic E-state index is -3.63. The second-order valence-electron chi connectivity index (χ2n) is 1.20. The molecule has 0 saturated heterocycles. The average molecular weight is 134 g/mol. The molecule has 0 aromatic heterocycles. The SMILES string of the molecule is O=C1C=CS(=O)(=O)O1. The lowest BCUT2D eigenvalue weighted by Gasteiger charge is -1.85. The molecular weight excluding hydrogens is 132 g/mol. The Morgan fingerprint density at radius 3 is 2.25 bits per heavy atom. The number of hydrogen-bond donors (Lipinski definition) is 0. The summed E-state index contributed by atoms with van der Waals surface area (Å²) in [5.74, 6) is -0.829. The van der Waals surface area contributed by atoms with Crippen LogP contribution in [0.25, 0.3) is 0 Å². The van der Waals surface area contributed by atoms with Crippen LogP contribution in [-0.4, -0.2) is 14.4 Å². The van der Waals surface area contributed by atoms with Crippen LogP contribution in [0.2, 0.25) is 0 Å². The van der Waals surface area contributed by atoms with E-state index in [0.29, 0.717) is 0 Å². The zero-order chi connectivity index (χ0) is 6.20. The van der Waals surface area contributed by atoms with E-state index >= 15 is 0 Å². The predicted octanol–water partition coefficient (Wildman–Crippen LogP) is -0.613. The van der Waals surface area contributed by atoms with E-state index in [9.17, 15) is 13.2 Å². The molecule has 4 nitrogen and oxygen atoms in total. The van der Waals surface area contributed by atoms with Crippen molar-refractivity contribution in [3.05, 3.63) is 11.5 Å². The molecule has 0 aromatic carbocycles. The lowest BCUT2D eigenvalue weighted by Crippen LogP contribution is -1.98. The van der Waals surface area contributed by atoms with Crippen molar-refractivity contribution < 1.29 is 17.4 Å². The third-order valence-corrected chi connectivity index (χ3v) is 1.44. The Balaban J connectivity index is 3.06. The monoisotopic (exact) mass is 134 g/mol. The molecule has 0 unspecified atom stereocenters. The fraction of sp³-hybridized carbons (Fsp3) is 0. The van der Waals surface area contributed by atoms with Crippen LogP contribution in [0.15, 0.2) is 11.5 Å². The number of hydrogen-bond acceptors (Lipinski definition) is 4. The van der Waals surface area contributed by atoms with Crippen LogP contribution in [0.1, 0.15) is 0 Å². The van der Waals surface area contributed by atoms with Crippen LogP contribution in [0.4, 0.5) is 0 Å². The largest absolute Gasteiger partial charge is 0.347 e. The summed E-state index contributed by atoms with van der Waals surface area (Å²) in [6, 6.07) is 0. The van der Waals surface area contributed by atoms with E-state index in [0.717, 1.165) is 11.5 Å². The van der Waals surface area contributed by atoms with Crippen molar-refractivity contribution in [2.24, 2.45) is 0 Å². The van der Waals surface area contributed by atoms with Gasteiger partial charge in [0.05, 0.1) is 5.41 Å². The third-order valence-electron chi connectivity index (χ3n) is 0.569. The van der Waals surface area contributed by atoms with Gasteiger partial charge in [-0.1, -0.05) is 0 Å². The van der Waals surface area contributed by atoms with Gasteiger partial charge >= 0.3 is 16.1 Å². The summed E-state index contributed by atoms with van der Waals surface area (Å²) in [4.78, 5) is 9.97. The highest BCUT2D eigenvalue weighted by molar-refractivity contribution is 7.90. The fourth-order valence-electron chi connectivity index (χ4n) is 0.309. The highest BCUT2D eigenvalue weighted by Crippen LogP contribution is 2.03.